The van der Waals surface area contributed by atoms with Crippen molar-refractivity contribution in [2.75, 3.05) is 23.4 Å². The highest BCUT2D eigenvalue weighted by Crippen LogP contribution is 2.19. The molecule has 1 aromatic heterocycles. The minimum Gasteiger partial charge on any atom is -0.504 e. The van der Waals surface area contributed by atoms with Crippen molar-refractivity contribution in [2.45, 2.75) is 12.5 Å². The van der Waals surface area contributed by atoms with Crippen LogP contribution < -0.4 is 10.6 Å². The molecule has 0 aliphatic carbocycles. The number of rotatable bonds is 3. The van der Waals surface area contributed by atoms with Crippen LogP contribution in [0.4, 0.5) is 5.82 Å². The molecule has 0 radical (unpaired) electrons. The first-order valence-electron chi connectivity index (χ1n) is 5.50. The van der Waals surface area contributed by atoms with E-state index in [9.17, 15) is 9.90 Å². The molecule has 0 aromatic carbocycles. The number of nitrogens with zero attached hydrogens (tertiary/aromatic N) is 1. The number of pyridine rings is 1. The lowest BCUT2D eigenvalue weighted by atomic mass is 10.2. The summed E-state index contributed by atoms with van der Waals surface area (Å²) >= 11 is 1.85. The molecular formula is C11H15N3O2S. The Morgan fingerprint density at radius 1 is 1.71 bits per heavy atom. The Balaban J connectivity index is 1.86. The summed E-state index contributed by atoms with van der Waals surface area (Å²) in [5, 5.41) is 15.4. The Morgan fingerprint density at radius 2 is 2.59 bits per heavy atom. The topological polar surface area (TPSA) is 74.2 Å². The van der Waals surface area contributed by atoms with E-state index in [0.29, 0.717) is 6.42 Å². The molecule has 1 amide bonds. The first-order chi connectivity index (χ1) is 8.25. The van der Waals surface area contributed by atoms with E-state index in [1.165, 1.54) is 12.3 Å². The Labute approximate surface area is 104 Å². The van der Waals surface area contributed by atoms with Crippen LogP contribution >= 0.6 is 11.8 Å². The van der Waals surface area contributed by atoms with E-state index in [2.05, 4.69) is 15.6 Å². The second kappa shape index (κ2) is 5.88. The van der Waals surface area contributed by atoms with Crippen LogP contribution in [-0.4, -0.2) is 40.1 Å². The maximum atomic E-state index is 11.7. The van der Waals surface area contributed by atoms with E-state index >= 15 is 0 Å². The third-order valence-corrected chi connectivity index (χ3v) is 3.61. The van der Waals surface area contributed by atoms with Crippen molar-refractivity contribution in [1.82, 2.24) is 10.3 Å². The first-order valence-corrected chi connectivity index (χ1v) is 6.66. The van der Waals surface area contributed by atoms with E-state index in [1.54, 1.807) is 6.07 Å². The summed E-state index contributed by atoms with van der Waals surface area (Å²) in [5.74, 6) is 2.13. The molecular weight excluding hydrogens is 238 g/mol. The van der Waals surface area contributed by atoms with Crippen molar-refractivity contribution < 1.29 is 9.90 Å². The lowest BCUT2D eigenvalue weighted by Crippen LogP contribution is -2.39. The number of amides is 1. The minimum absolute atomic E-state index is 0.00757. The molecule has 5 nitrogen and oxygen atoms in total. The van der Waals surface area contributed by atoms with Gasteiger partial charge in [-0.1, -0.05) is 0 Å². The van der Waals surface area contributed by atoms with Crippen LogP contribution in [0.1, 0.15) is 6.42 Å². The number of carbonyl (C=O) groups is 1. The molecule has 1 fully saturated rings. The average Bonchev–Trinajstić information content (AvgIpc) is 2.33. The van der Waals surface area contributed by atoms with Gasteiger partial charge in [0, 0.05) is 36.7 Å². The Bertz CT molecular complexity index is 394. The molecule has 1 aliphatic rings. The van der Waals surface area contributed by atoms with Crippen LogP contribution in [0.2, 0.25) is 0 Å². The molecule has 1 atom stereocenters. The highest BCUT2D eigenvalue weighted by molar-refractivity contribution is 7.99. The van der Waals surface area contributed by atoms with Gasteiger partial charge in [0.2, 0.25) is 5.91 Å². The monoisotopic (exact) mass is 253 g/mol. The Kier molecular flexibility index (Phi) is 4.22. The third-order valence-electron chi connectivity index (χ3n) is 2.47. The van der Waals surface area contributed by atoms with Gasteiger partial charge >= 0.3 is 0 Å². The summed E-state index contributed by atoms with van der Waals surface area (Å²) in [6.07, 6.45) is 1.94. The van der Waals surface area contributed by atoms with Gasteiger partial charge in [-0.3, -0.25) is 4.79 Å². The fraction of sp³-hybridized carbons (Fsp3) is 0.455. The molecule has 6 heteroatoms. The number of carbonyl (C=O) groups excluding carboxylic acids is 1. The Morgan fingerprint density at radius 3 is 3.29 bits per heavy atom. The van der Waals surface area contributed by atoms with Gasteiger partial charge in [0.25, 0.3) is 0 Å². The van der Waals surface area contributed by atoms with Gasteiger partial charge in [0.1, 0.15) is 0 Å². The maximum absolute atomic E-state index is 11.7. The van der Waals surface area contributed by atoms with Gasteiger partial charge in [-0.25, -0.2) is 4.98 Å². The first kappa shape index (κ1) is 12.2. The maximum Gasteiger partial charge on any atom is 0.227 e. The Hall–Kier alpha value is -1.27. The number of thioether (sulfide) groups is 1. The van der Waals surface area contributed by atoms with Crippen LogP contribution in [0.5, 0.6) is 5.75 Å². The van der Waals surface area contributed by atoms with Crippen LogP contribution in [0.3, 0.4) is 0 Å². The molecule has 3 N–H and O–H groups in total. The SMILES string of the molecule is O=C(CC1CSCCN1)Nc1ncccc1O. The van der Waals surface area contributed by atoms with Gasteiger partial charge in [-0.05, 0) is 12.1 Å². The molecule has 1 unspecified atom stereocenters. The predicted octanol–water partition coefficient (Wildman–Crippen LogP) is 0.821. The van der Waals surface area contributed by atoms with Crippen LogP contribution in [0, 0.1) is 0 Å². The van der Waals surface area contributed by atoms with Crippen molar-refractivity contribution in [3.05, 3.63) is 18.3 Å². The van der Waals surface area contributed by atoms with Crippen molar-refractivity contribution in [2.24, 2.45) is 0 Å². The smallest absolute Gasteiger partial charge is 0.227 e. The van der Waals surface area contributed by atoms with Crippen molar-refractivity contribution >= 4 is 23.5 Å². The highest BCUT2D eigenvalue weighted by Gasteiger charge is 2.17. The summed E-state index contributed by atoms with van der Waals surface area (Å²) in [6.45, 7) is 0.942. The quantitative estimate of drug-likeness (QED) is 0.743. The standard InChI is InChI=1S/C11H15N3O2S/c15-9-2-1-3-13-11(9)14-10(16)6-8-7-17-5-4-12-8/h1-3,8,12,15H,4-7H2,(H,13,14,16). The summed E-state index contributed by atoms with van der Waals surface area (Å²) < 4.78 is 0. The predicted molar refractivity (Wildman–Crippen MR) is 68.3 cm³/mol. The third kappa shape index (κ3) is 3.61. The van der Waals surface area contributed by atoms with E-state index in [4.69, 9.17) is 0 Å². The average molecular weight is 253 g/mol. The van der Waals surface area contributed by atoms with E-state index < -0.39 is 0 Å². The van der Waals surface area contributed by atoms with Crippen molar-refractivity contribution in [1.29, 1.82) is 0 Å². The van der Waals surface area contributed by atoms with Gasteiger partial charge in [0.15, 0.2) is 11.6 Å². The summed E-state index contributed by atoms with van der Waals surface area (Å²) in [5.41, 5.74) is 0. The van der Waals surface area contributed by atoms with Crippen LogP contribution in [0.15, 0.2) is 18.3 Å². The van der Waals surface area contributed by atoms with Gasteiger partial charge < -0.3 is 15.7 Å². The zero-order chi connectivity index (χ0) is 12.1. The zero-order valence-corrected chi connectivity index (χ0v) is 10.2. The summed E-state index contributed by atoms with van der Waals surface area (Å²) in [4.78, 5) is 15.6. The summed E-state index contributed by atoms with van der Waals surface area (Å²) in [7, 11) is 0. The van der Waals surface area contributed by atoms with Gasteiger partial charge in [0.05, 0.1) is 0 Å². The molecule has 0 saturated carbocycles. The fourth-order valence-electron chi connectivity index (χ4n) is 1.65. The summed E-state index contributed by atoms with van der Waals surface area (Å²) in [6, 6.07) is 3.32. The fourth-order valence-corrected chi connectivity index (χ4v) is 2.60. The molecule has 1 aliphatic heterocycles. The van der Waals surface area contributed by atoms with Crippen LogP contribution in [-0.2, 0) is 4.79 Å². The van der Waals surface area contributed by atoms with Gasteiger partial charge in [-0.15, -0.1) is 0 Å². The molecule has 2 rings (SSSR count). The van der Waals surface area contributed by atoms with E-state index in [1.807, 2.05) is 11.8 Å². The van der Waals surface area contributed by atoms with E-state index in [-0.39, 0.29) is 23.5 Å². The number of anilines is 1. The molecule has 92 valence electrons. The number of aromatic nitrogens is 1. The molecule has 2 heterocycles. The second-order valence-electron chi connectivity index (χ2n) is 3.85. The number of hydrogen-bond donors (Lipinski definition) is 3. The van der Waals surface area contributed by atoms with E-state index in [0.717, 1.165) is 18.1 Å². The highest BCUT2D eigenvalue weighted by atomic mass is 32.2. The van der Waals surface area contributed by atoms with Crippen molar-refractivity contribution in [3.63, 3.8) is 0 Å². The molecule has 0 bridgehead atoms. The van der Waals surface area contributed by atoms with Crippen molar-refractivity contribution in [3.8, 4) is 5.75 Å². The number of nitrogens with one attached hydrogen (secondary N) is 2. The van der Waals surface area contributed by atoms with Crippen LogP contribution in [0.25, 0.3) is 0 Å². The normalized spacial score (nSPS) is 19.9. The number of aromatic hydroxyl groups is 1. The molecule has 1 aromatic rings. The molecule has 0 spiro atoms. The lowest BCUT2D eigenvalue weighted by Gasteiger charge is -2.22. The lowest BCUT2D eigenvalue weighted by molar-refractivity contribution is -0.116. The largest absolute Gasteiger partial charge is 0.504 e. The zero-order valence-electron chi connectivity index (χ0n) is 9.35. The molecule has 17 heavy (non-hydrogen) atoms. The van der Waals surface area contributed by atoms with Gasteiger partial charge in [-0.2, -0.15) is 11.8 Å². The minimum atomic E-state index is -0.126. The second-order valence-corrected chi connectivity index (χ2v) is 5.00. The number of hydrogen-bond acceptors (Lipinski definition) is 5. The molecule has 1 saturated heterocycles.